The van der Waals surface area contributed by atoms with Crippen LogP contribution in [-0.4, -0.2) is 57.6 Å². The molecule has 7 nitrogen and oxygen atoms in total. The summed E-state index contributed by atoms with van der Waals surface area (Å²) in [5.74, 6) is 1.37. The minimum Gasteiger partial charge on any atom is -0.368 e. The molecule has 0 unspecified atom stereocenters. The zero-order valence-electron chi connectivity index (χ0n) is 18.5. The van der Waals surface area contributed by atoms with Gasteiger partial charge in [0.15, 0.2) is 0 Å². The Morgan fingerprint density at radius 1 is 0.875 bits per heavy atom. The number of nitrogens with one attached hydrogen (secondary N) is 1. The first-order chi connectivity index (χ1) is 15.8. The molecular formula is C25H29N7. The van der Waals surface area contributed by atoms with Crippen LogP contribution in [0.15, 0.2) is 48.8 Å². The summed E-state index contributed by atoms with van der Waals surface area (Å²) in [4.78, 5) is 19.0. The second-order valence-electron chi connectivity index (χ2n) is 9.07. The average Bonchev–Trinajstić information content (AvgIpc) is 3.46. The molecule has 7 heteroatoms. The van der Waals surface area contributed by atoms with Crippen LogP contribution in [0.2, 0.25) is 0 Å². The molecule has 1 aliphatic heterocycles. The van der Waals surface area contributed by atoms with Gasteiger partial charge in [0.25, 0.3) is 0 Å². The molecule has 4 aromatic rings. The van der Waals surface area contributed by atoms with Gasteiger partial charge in [0.05, 0.1) is 17.4 Å². The normalized spacial score (nSPS) is 18.1. The summed E-state index contributed by atoms with van der Waals surface area (Å²) >= 11 is 0. The van der Waals surface area contributed by atoms with E-state index < -0.39 is 0 Å². The van der Waals surface area contributed by atoms with Crippen molar-refractivity contribution in [3.63, 3.8) is 0 Å². The summed E-state index contributed by atoms with van der Waals surface area (Å²) in [7, 11) is 2.17. The Bertz CT molecular complexity index is 1230. The van der Waals surface area contributed by atoms with Gasteiger partial charge in [-0.25, -0.2) is 9.97 Å². The first-order valence-corrected chi connectivity index (χ1v) is 11.7. The molecule has 1 saturated heterocycles. The highest BCUT2D eigenvalue weighted by Crippen LogP contribution is 2.37. The molecule has 164 valence electrons. The number of nitrogens with zero attached hydrogens (tertiary/aromatic N) is 6. The summed E-state index contributed by atoms with van der Waals surface area (Å²) in [6, 6.07) is 13.3. The fraction of sp³-hybridized carbons (Fsp3) is 0.400. The van der Waals surface area contributed by atoms with Gasteiger partial charge < -0.3 is 19.7 Å². The molecule has 3 aromatic heterocycles. The van der Waals surface area contributed by atoms with Gasteiger partial charge in [0, 0.05) is 49.2 Å². The van der Waals surface area contributed by atoms with Gasteiger partial charge in [-0.2, -0.15) is 4.98 Å². The van der Waals surface area contributed by atoms with Gasteiger partial charge in [-0.15, -0.1) is 0 Å². The van der Waals surface area contributed by atoms with Gasteiger partial charge >= 0.3 is 0 Å². The van der Waals surface area contributed by atoms with Crippen molar-refractivity contribution in [2.24, 2.45) is 0 Å². The zero-order chi connectivity index (χ0) is 21.5. The van der Waals surface area contributed by atoms with Gasteiger partial charge in [-0.05, 0) is 38.1 Å². The van der Waals surface area contributed by atoms with Crippen LogP contribution in [0.5, 0.6) is 0 Å². The minimum absolute atomic E-state index is 0.515. The zero-order valence-corrected chi connectivity index (χ0v) is 18.5. The fourth-order valence-electron chi connectivity index (χ4n) is 5.19. The number of rotatable bonds is 4. The van der Waals surface area contributed by atoms with Crippen LogP contribution >= 0.6 is 0 Å². The first kappa shape index (κ1) is 19.5. The summed E-state index contributed by atoms with van der Waals surface area (Å²) < 4.78 is 2.44. The third-order valence-electron chi connectivity index (χ3n) is 7.00. The van der Waals surface area contributed by atoms with E-state index in [0.29, 0.717) is 12.0 Å². The maximum absolute atomic E-state index is 4.96. The second kappa shape index (κ2) is 8.06. The highest BCUT2D eigenvalue weighted by Gasteiger charge is 2.23. The largest absolute Gasteiger partial charge is 0.368 e. The Kier molecular flexibility index (Phi) is 4.91. The van der Waals surface area contributed by atoms with Crippen molar-refractivity contribution in [2.45, 2.75) is 31.7 Å². The molecule has 6 rings (SSSR count). The molecule has 0 spiro atoms. The predicted octanol–water partition coefficient (Wildman–Crippen LogP) is 4.59. The lowest BCUT2D eigenvalue weighted by atomic mass is 10.2. The highest BCUT2D eigenvalue weighted by atomic mass is 15.3. The van der Waals surface area contributed by atoms with E-state index in [9.17, 15) is 0 Å². The van der Waals surface area contributed by atoms with Crippen molar-refractivity contribution < 1.29 is 0 Å². The quantitative estimate of drug-likeness (QED) is 0.514. The number of likely N-dealkylation sites (N-methyl/N-ethyl adjacent to an activating group) is 1. The molecule has 0 radical (unpaired) electrons. The minimum atomic E-state index is 0.515. The number of para-hydroxylation sites is 1. The Balaban J connectivity index is 1.30. The molecule has 2 aliphatic rings. The molecule has 4 heterocycles. The Hall–Kier alpha value is -3.19. The lowest BCUT2D eigenvalue weighted by Gasteiger charge is -2.33. The second-order valence-corrected chi connectivity index (χ2v) is 9.07. The van der Waals surface area contributed by atoms with E-state index in [1.807, 2.05) is 18.5 Å². The van der Waals surface area contributed by atoms with E-state index >= 15 is 0 Å². The smallest absolute Gasteiger partial charge is 0.230 e. The number of pyridine rings is 1. The third kappa shape index (κ3) is 3.46. The Morgan fingerprint density at radius 3 is 2.47 bits per heavy atom. The highest BCUT2D eigenvalue weighted by molar-refractivity contribution is 6.06. The summed E-state index contributed by atoms with van der Waals surface area (Å²) in [5, 5.41) is 5.68. The number of hydrogen-bond acceptors (Lipinski definition) is 6. The van der Waals surface area contributed by atoms with Gasteiger partial charge in [0.1, 0.15) is 11.5 Å². The van der Waals surface area contributed by atoms with E-state index in [-0.39, 0.29) is 0 Å². The van der Waals surface area contributed by atoms with Crippen molar-refractivity contribution in [1.29, 1.82) is 0 Å². The van der Waals surface area contributed by atoms with Crippen molar-refractivity contribution in [1.82, 2.24) is 24.4 Å². The molecule has 1 aliphatic carbocycles. The average molecular weight is 428 g/mol. The first-order valence-electron chi connectivity index (χ1n) is 11.7. The molecular weight excluding hydrogens is 398 g/mol. The number of benzene rings is 1. The van der Waals surface area contributed by atoms with E-state index in [0.717, 1.165) is 43.0 Å². The lowest BCUT2D eigenvalue weighted by Crippen LogP contribution is -2.44. The van der Waals surface area contributed by atoms with Gasteiger partial charge in [-0.3, -0.25) is 0 Å². The number of fused-ring (bicyclic) bond motifs is 3. The number of piperazine rings is 1. The SMILES string of the molecule is CN1CCN(c2ccc(Nc3ncc4c5ccccc5n(C5CCCC5)c4n3)nc2)CC1. The van der Waals surface area contributed by atoms with E-state index in [1.165, 1.54) is 42.3 Å². The molecule has 1 aromatic carbocycles. The van der Waals surface area contributed by atoms with Crippen molar-refractivity contribution in [3.8, 4) is 0 Å². The molecule has 1 N–H and O–H groups in total. The van der Waals surface area contributed by atoms with Crippen molar-refractivity contribution in [2.75, 3.05) is 43.4 Å². The third-order valence-corrected chi connectivity index (χ3v) is 7.00. The maximum Gasteiger partial charge on any atom is 0.230 e. The van der Waals surface area contributed by atoms with Crippen molar-refractivity contribution in [3.05, 3.63) is 48.8 Å². The number of anilines is 3. The van der Waals surface area contributed by atoms with Gasteiger partial charge in [0.2, 0.25) is 5.95 Å². The van der Waals surface area contributed by atoms with E-state index in [4.69, 9.17) is 4.98 Å². The topological polar surface area (TPSA) is 62.1 Å². The van der Waals surface area contributed by atoms with Crippen LogP contribution in [0.1, 0.15) is 31.7 Å². The summed E-state index contributed by atoms with van der Waals surface area (Å²) in [6.07, 6.45) is 8.92. The fourth-order valence-corrected chi connectivity index (χ4v) is 5.19. The summed E-state index contributed by atoms with van der Waals surface area (Å²) in [6.45, 7) is 4.25. The van der Waals surface area contributed by atoms with Crippen LogP contribution in [0.4, 0.5) is 17.5 Å². The molecule has 0 atom stereocenters. The molecule has 0 amide bonds. The molecule has 32 heavy (non-hydrogen) atoms. The van der Waals surface area contributed by atoms with Crippen LogP contribution in [-0.2, 0) is 0 Å². The van der Waals surface area contributed by atoms with Crippen LogP contribution in [0.3, 0.4) is 0 Å². The molecule has 0 bridgehead atoms. The van der Waals surface area contributed by atoms with Crippen LogP contribution in [0, 0.1) is 0 Å². The standard InChI is InChI=1S/C25H29N7/c1-30-12-14-31(15-13-30)19-10-11-23(26-16-19)28-25-27-17-21-20-8-4-5-9-22(20)32(24(21)29-25)18-6-2-3-7-18/h4-5,8-11,16-18H,2-3,6-7,12-15H2,1H3,(H,26,27,28,29). The predicted molar refractivity (Wildman–Crippen MR) is 130 cm³/mol. The summed E-state index contributed by atoms with van der Waals surface area (Å²) in [5.41, 5.74) is 3.45. The molecule has 2 fully saturated rings. The Morgan fingerprint density at radius 2 is 1.69 bits per heavy atom. The van der Waals surface area contributed by atoms with Crippen molar-refractivity contribution >= 4 is 39.4 Å². The Labute approximate surface area is 188 Å². The number of hydrogen-bond donors (Lipinski definition) is 1. The maximum atomic E-state index is 4.96. The van der Waals surface area contributed by atoms with E-state index in [2.05, 4.69) is 67.0 Å². The molecule has 1 saturated carbocycles. The van der Waals surface area contributed by atoms with Crippen LogP contribution < -0.4 is 10.2 Å². The van der Waals surface area contributed by atoms with Crippen LogP contribution in [0.25, 0.3) is 21.9 Å². The number of aromatic nitrogens is 4. The van der Waals surface area contributed by atoms with E-state index in [1.54, 1.807) is 0 Å². The lowest BCUT2D eigenvalue weighted by molar-refractivity contribution is 0.313. The monoisotopic (exact) mass is 427 g/mol. The van der Waals surface area contributed by atoms with Gasteiger partial charge in [-0.1, -0.05) is 31.0 Å².